The molecule has 0 aromatic rings. The Bertz CT molecular complexity index is 199. The number of nitrogens with one attached hydrogen (secondary N) is 1. The van der Waals surface area contributed by atoms with E-state index < -0.39 is 0 Å². The van der Waals surface area contributed by atoms with Gasteiger partial charge in [-0.2, -0.15) is 0 Å². The normalized spacial score (nSPS) is 15.1. The lowest BCUT2D eigenvalue weighted by Crippen LogP contribution is -2.42. The number of carbonyl (C=O) groups is 1. The Balaban J connectivity index is 3.80. The minimum atomic E-state index is 0.0297. The van der Waals surface area contributed by atoms with Crippen LogP contribution in [-0.2, 0) is 4.79 Å². The molecule has 0 fully saturated rings. The Kier molecular flexibility index (Phi) is 9.10. The molecule has 0 amide bonds. The minimum absolute atomic E-state index is 0.0297. The molecule has 3 unspecified atom stereocenters. The van der Waals surface area contributed by atoms with E-state index in [0.717, 1.165) is 32.1 Å². The summed E-state index contributed by atoms with van der Waals surface area (Å²) in [5.74, 6) is 0.243. The van der Waals surface area contributed by atoms with Gasteiger partial charge in [-0.15, -0.1) is 9.24 Å². The van der Waals surface area contributed by atoms with Gasteiger partial charge in [0.1, 0.15) is 5.78 Å². The van der Waals surface area contributed by atoms with Gasteiger partial charge in [-0.25, -0.2) is 0 Å². The Labute approximate surface area is 103 Å². The molecule has 96 valence electrons. The second kappa shape index (κ2) is 9.09. The predicted molar refractivity (Wildman–Crippen MR) is 74.0 cm³/mol. The van der Waals surface area contributed by atoms with Gasteiger partial charge in [0.05, 0.1) is 6.04 Å². The Hall–Kier alpha value is 0.0200. The predicted octanol–water partition coefficient (Wildman–Crippen LogP) is 1.53. The fraction of sp³-hybridized carbons (Fsp3) is 0.917. The third kappa shape index (κ3) is 7.32. The van der Waals surface area contributed by atoms with Gasteiger partial charge in [0.25, 0.3) is 0 Å². The first-order valence-electron chi connectivity index (χ1n) is 6.16. The molecule has 0 spiro atoms. The van der Waals surface area contributed by atoms with Crippen molar-refractivity contribution < 1.29 is 4.79 Å². The first kappa shape index (κ1) is 16.0. The molecule has 0 bridgehead atoms. The van der Waals surface area contributed by atoms with E-state index in [4.69, 9.17) is 0 Å². The number of hydrogen-bond donors (Lipinski definition) is 1. The van der Waals surface area contributed by atoms with Crippen molar-refractivity contribution in [3.05, 3.63) is 0 Å². The van der Waals surface area contributed by atoms with Crippen LogP contribution in [0.15, 0.2) is 0 Å². The zero-order valence-corrected chi connectivity index (χ0v) is 12.3. The van der Waals surface area contributed by atoms with Crippen LogP contribution in [-0.4, -0.2) is 49.1 Å². The van der Waals surface area contributed by atoms with Crippen LogP contribution in [0.25, 0.3) is 0 Å². The summed E-state index contributed by atoms with van der Waals surface area (Å²) in [6.07, 6.45) is 3.08. The van der Waals surface area contributed by atoms with E-state index in [9.17, 15) is 4.79 Å². The van der Waals surface area contributed by atoms with Crippen molar-refractivity contribution in [2.24, 2.45) is 0 Å². The average Bonchev–Trinajstić information content (AvgIpc) is 2.23. The molecule has 0 aliphatic carbocycles. The van der Waals surface area contributed by atoms with Crippen molar-refractivity contribution in [2.45, 2.75) is 45.7 Å². The maximum Gasteiger partial charge on any atom is 0.146 e. The molecule has 0 heterocycles. The molecule has 0 saturated carbocycles. The lowest BCUT2D eigenvalue weighted by atomic mass is 10.1. The lowest BCUT2D eigenvalue weighted by molar-refractivity contribution is -0.119. The maximum absolute atomic E-state index is 11.3. The fourth-order valence-electron chi connectivity index (χ4n) is 1.70. The molecule has 16 heavy (non-hydrogen) atoms. The summed E-state index contributed by atoms with van der Waals surface area (Å²) in [6, 6.07) is 0.433. The highest BCUT2D eigenvalue weighted by Crippen LogP contribution is 2.00. The molecule has 0 aromatic heterocycles. The van der Waals surface area contributed by atoms with E-state index in [0.29, 0.717) is 6.04 Å². The van der Waals surface area contributed by atoms with Gasteiger partial charge in [-0.1, -0.05) is 6.92 Å². The first-order chi connectivity index (χ1) is 7.51. The summed E-state index contributed by atoms with van der Waals surface area (Å²) in [7, 11) is 4.88. The average molecular weight is 246 g/mol. The highest BCUT2D eigenvalue weighted by Gasteiger charge is 2.14. The summed E-state index contributed by atoms with van der Waals surface area (Å²) in [6.45, 7) is 8.05. The van der Waals surface area contributed by atoms with E-state index in [1.54, 1.807) is 6.92 Å². The van der Waals surface area contributed by atoms with Gasteiger partial charge < -0.3 is 10.2 Å². The topological polar surface area (TPSA) is 32.3 Å². The summed E-state index contributed by atoms with van der Waals surface area (Å²) in [5.41, 5.74) is 0. The van der Waals surface area contributed by atoms with Crippen molar-refractivity contribution >= 4 is 15.0 Å². The molecule has 3 nitrogen and oxygen atoms in total. The molecule has 4 heteroatoms. The van der Waals surface area contributed by atoms with Crippen LogP contribution >= 0.6 is 9.24 Å². The molecule has 0 radical (unpaired) electrons. The van der Waals surface area contributed by atoms with Crippen LogP contribution in [0.5, 0.6) is 0 Å². The van der Waals surface area contributed by atoms with E-state index in [1.807, 2.05) is 6.92 Å². The van der Waals surface area contributed by atoms with Crippen molar-refractivity contribution in [1.82, 2.24) is 10.2 Å². The molecular weight excluding hydrogens is 219 g/mol. The van der Waals surface area contributed by atoms with E-state index >= 15 is 0 Å². The molecule has 0 saturated heterocycles. The zero-order valence-electron chi connectivity index (χ0n) is 11.1. The standard InChI is InChI=1S/C12H27N2OP/c1-5-12(11(3)15)13-10(2)6-7-14(4)8-9-16/h10,12-13H,5-9,16H2,1-4H3. The molecule has 1 N–H and O–H groups in total. The Morgan fingerprint density at radius 1 is 1.44 bits per heavy atom. The SMILES string of the molecule is CCC(NC(C)CCN(C)CCP)C(C)=O. The molecule has 0 aromatic carbocycles. The molecule has 0 rings (SSSR count). The maximum atomic E-state index is 11.3. The zero-order chi connectivity index (χ0) is 12.6. The highest BCUT2D eigenvalue weighted by atomic mass is 31.0. The van der Waals surface area contributed by atoms with Gasteiger partial charge >= 0.3 is 0 Å². The van der Waals surface area contributed by atoms with Crippen LogP contribution in [0.3, 0.4) is 0 Å². The molecule has 3 atom stereocenters. The summed E-state index contributed by atoms with van der Waals surface area (Å²) >= 11 is 0. The van der Waals surface area contributed by atoms with Gasteiger partial charge in [0.15, 0.2) is 0 Å². The van der Waals surface area contributed by atoms with E-state index in [-0.39, 0.29) is 11.8 Å². The Morgan fingerprint density at radius 3 is 2.50 bits per heavy atom. The van der Waals surface area contributed by atoms with E-state index in [2.05, 4.69) is 33.4 Å². The van der Waals surface area contributed by atoms with Gasteiger partial charge in [0, 0.05) is 12.6 Å². The van der Waals surface area contributed by atoms with Crippen LogP contribution in [0.1, 0.15) is 33.6 Å². The summed E-state index contributed by atoms with van der Waals surface area (Å²) in [4.78, 5) is 13.6. The number of rotatable bonds is 9. The van der Waals surface area contributed by atoms with Gasteiger partial charge in [-0.3, -0.25) is 4.79 Å². The van der Waals surface area contributed by atoms with Crippen molar-refractivity contribution in [1.29, 1.82) is 0 Å². The fourth-order valence-corrected chi connectivity index (χ4v) is 2.14. The number of carbonyl (C=O) groups excluding carboxylic acids is 1. The van der Waals surface area contributed by atoms with Crippen LogP contribution in [0.2, 0.25) is 0 Å². The van der Waals surface area contributed by atoms with E-state index in [1.165, 1.54) is 0 Å². The smallest absolute Gasteiger partial charge is 0.146 e. The number of Topliss-reactive ketones (excluding diaryl/α,β-unsaturated/α-hetero) is 1. The monoisotopic (exact) mass is 246 g/mol. The Morgan fingerprint density at radius 2 is 2.06 bits per heavy atom. The third-order valence-corrected chi connectivity index (χ3v) is 3.10. The van der Waals surface area contributed by atoms with Gasteiger partial charge in [0.2, 0.25) is 0 Å². The third-order valence-electron chi connectivity index (χ3n) is 2.84. The minimum Gasteiger partial charge on any atom is -0.306 e. The summed E-state index contributed by atoms with van der Waals surface area (Å²) in [5, 5.41) is 3.38. The van der Waals surface area contributed by atoms with Crippen molar-refractivity contribution in [2.75, 3.05) is 26.3 Å². The van der Waals surface area contributed by atoms with Crippen molar-refractivity contribution in [3.8, 4) is 0 Å². The van der Waals surface area contributed by atoms with Crippen LogP contribution < -0.4 is 5.32 Å². The number of hydrogen-bond acceptors (Lipinski definition) is 3. The van der Waals surface area contributed by atoms with Crippen LogP contribution in [0, 0.1) is 0 Å². The first-order valence-corrected chi connectivity index (χ1v) is 6.98. The molecule has 0 aliphatic heterocycles. The molecule has 0 aliphatic rings. The lowest BCUT2D eigenvalue weighted by Gasteiger charge is -2.22. The largest absolute Gasteiger partial charge is 0.306 e. The second-order valence-electron chi connectivity index (χ2n) is 4.52. The van der Waals surface area contributed by atoms with Crippen molar-refractivity contribution in [3.63, 3.8) is 0 Å². The highest BCUT2D eigenvalue weighted by molar-refractivity contribution is 7.16. The summed E-state index contributed by atoms with van der Waals surface area (Å²) < 4.78 is 0. The quantitative estimate of drug-likeness (QED) is 0.626. The number of nitrogens with zero attached hydrogens (tertiary/aromatic N) is 1. The second-order valence-corrected chi connectivity index (χ2v) is 5.10. The molecular formula is C12H27N2OP. The van der Waals surface area contributed by atoms with Crippen LogP contribution in [0.4, 0.5) is 0 Å². The number of ketones is 1. The van der Waals surface area contributed by atoms with Gasteiger partial charge in [-0.05, 0) is 46.4 Å².